The van der Waals surface area contributed by atoms with Crippen molar-refractivity contribution in [1.29, 1.82) is 0 Å². The number of rotatable bonds is 9. The Morgan fingerprint density at radius 1 is 1.07 bits per heavy atom. The van der Waals surface area contributed by atoms with Crippen LogP contribution >= 0.6 is 11.8 Å². The predicted octanol–water partition coefficient (Wildman–Crippen LogP) is 2.91. The highest BCUT2D eigenvalue weighted by atomic mass is 32.2. The van der Waals surface area contributed by atoms with Crippen LogP contribution in [0.3, 0.4) is 0 Å². The molecule has 29 heavy (non-hydrogen) atoms. The maximum absolute atomic E-state index is 12.2. The Hall–Kier alpha value is -3.20. The van der Waals surface area contributed by atoms with E-state index in [1.165, 1.54) is 11.8 Å². The Labute approximate surface area is 173 Å². The number of hydrogen-bond donors (Lipinski definition) is 2. The largest absolute Gasteiger partial charge is 0.493 e. The van der Waals surface area contributed by atoms with Crippen molar-refractivity contribution in [3.05, 3.63) is 48.0 Å². The first-order valence-corrected chi connectivity index (χ1v) is 9.79. The molecular weight excluding hydrogens is 392 g/mol. The van der Waals surface area contributed by atoms with Gasteiger partial charge in [0.2, 0.25) is 16.8 Å². The van der Waals surface area contributed by atoms with Gasteiger partial charge in [0.15, 0.2) is 17.3 Å². The molecule has 0 atom stereocenters. The summed E-state index contributed by atoms with van der Waals surface area (Å²) in [7, 11) is 4.65. The van der Waals surface area contributed by atoms with Crippen LogP contribution in [0, 0.1) is 0 Å². The minimum absolute atomic E-state index is 0.130. The van der Waals surface area contributed by atoms with E-state index in [1.807, 2.05) is 30.3 Å². The molecule has 0 aliphatic heterocycles. The molecule has 0 aliphatic carbocycles. The van der Waals surface area contributed by atoms with E-state index in [-0.39, 0.29) is 11.7 Å². The Morgan fingerprint density at radius 2 is 1.76 bits per heavy atom. The van der Waals surface area contributed by atoms with Crippen molar-refractivity contribution in [3.63, 3.8) is 0 Å². The molecule has 0 fully saturated rings. The summed E-state index contributed by atoms with van der Waals surface area (Å²) >= 11 is 1.27. The first kappa shape index (κ1) is 20.5. The molecule has 1 aromatic heterocycles. The van der Waals surface area contributed by atoms with Crippen molar-refractivity contribution in [2.24, 2.45) is 0 Å². The van der Waals surface area contributed by atoms with Crippen LogP contribution in [0.1, 0.15) is 5.56 Å². The van der Waals surface area contributed by atoms with Crippen LogP contribution in [0.5, 0.6) is 17.2 Å². The fourth-order valence-corrected chi connectivity index (χ4v) is 3.28. The van der Waals surface area contributed by atoms with Gasteiger partial charge >= 0.3 is 0 Å². The number of methoxy groups -OCH3 is 3. The summed E-state index contributed by atoms with van der Waals surface area (Å²) in [5, 5.41) is 10.4. The van der Waals surface area contributed by atoms with E-state index in [4.69, 9.17) is 14.2 Å². The topological polar surface area (TPSA) is 98.4 Å². The Bertz CT molecular complexity index is 937. The van der Waals surface area contributed by atoms with Crippen molar-refractivity contribution < 1.29 is 19.0 Å². The van der Waals surface area contributed by atoms with Crippen LogP contribution in [-0.4, -0.2) is 48.2 Å². The van der Waals surface area contributed by atoms with Crippen molar-refractivity contribution >= 4 is 17.7 Å². The molecule has 0 saturated heterocycles. The van der Waals surface area contributed by atoms with E-state index >= 15 is 0 Å². The quantitative estimate of drug-likeness (QED) is 0.520. The summed E-state index contributed by atoms with van der Waals surface area (Å²) in [5.41, 5.74) is 1.78. The predicted molar refractivity (Wildman–Crippen MR) is 110 cm³/mol. The number of ether oxygens (including phenoxy) is 3. The number of aromatic amines is 1. The number of carbonyl (C=O) groups excluding carboxylic acids is 1. The minimum Gasteiger partial charge on any atom is -0.493 e. The molecule has 152 valence electrons. The van der Waals surface area contributed by atoms with Crippen molar-refractivity contribution in [3.8, 4) is 28.6 Å². The number of nitrogens with zero attached hydrogens (tertiary/aromatic N) is 2. The van der Waals surface area contributed by atoms with E-state index in [1.54, 1.807) is 33.5 Å². The minimum atomic E-state index is -0.130. The zero-order valence-corrected chi connectivity index (χ0v) is 17.2. The molecule has 0 bridgehead atoms. The molecule has 0 saturated carbocycles. The number of amides is 1. The Balaban J connectivity index is 1.55. The molecule has 9 heteroatoms. The van der Waals surface area contributed by atoms with Crippen LogP contribution in [-0.2, 0) is 11.3 Å². The summed E-state index contributed by atoms with van der Waals surface area (Å²) in [5.74, 6) is 2.34. The van der Waals surface area contributed by atoms with Crippen molar-refractivity contribution in [1.82, 2.24) is 20.5 Å². The molecule has 3 rings (SSSR count). The molecule has 1 amide bonds. The molecule has 2 N–H and O–H groups in total. The lowest BCUT2D eigenvalue weighted by Crippen LogP contribution is -2.24. The molecule has 1 heterocycles. The summed E-state index contributed by atoms with van der Waals surface area (Å²) in [6.45, 7) is 0.333. The third-order valence-electron chi connectivity index (χ3n) is 4.06. The van der Waals surface area contributed by atoms with E-state index in [0.717, 1.165) is 11.1 Å². The highest BCUT2D eigenvalue weighted by molar-refractivity contribution is 7.99. The van der Waals surface area contributed by atoms with E-state index in [0.29, 0.717) is 34.8 Å². The van der Waals surface area contributed by atoms with Gasteiger partial charge in [0, 0.05) is 12.1 Å². The molecular formula is C20H22N4O4S. The van der Waals surface area contributed by atoms with E-state index in [2.05, 4.69) is 20.5 Å². The number of aromatic nitrogens is 3. The van der Waals surface area contributed by atoms with Crippen molar-refractivity contribution in [2.75, 3.05) is 27.1 Å². The van der Waals surface area contributed by atoms with Gasteiger partial charge in [0.05, 0.1) is 27.1 Å². The smallest absolute Gasteiger partial charge is 0.230 e. The highest BCUT2D eigenvalue weighted by Gasteiger charge is 2.14. The average Bonchev–Trinajstić information content (AvgIpc) is 3.25. The number of benzene rings is 2. The summed E-state index contributed by atoms with van der Waals surface area (Å²) in [6.07, 6.45) is 0. The van der Waals surface area contributed by atoms with Crippen LogP contribution in [0.2, 0.25) is 0 Å². The average molecular weight is 414 g/mol. The monoisotopic (exact) mass is 414 g/mol. The van der Waals surface area contributed by atoms with Gasteiger partial charge < -0.3 is 19.5 Å². The molecule has 3 aromatic rings. The third-order valence-corrected chi connectivity index (χ3v) is 4.91. The number of hydrogen-bond acceptors (Lipinski definition) is 7. The van der Waals surface area contributed by atoms with Gasteiger partial charge in [-0.05, 0) is 17.7 Å². The zero-order chi connectivity index (χ0) is 20.6. The standard InChI is InChI=1S/C20H22N4O4S/c1-26-15-9-13(10-16(27-2)18(15)28-3)11-21-17(25)12-29-20-22-19(23-24-20)14-7-5-4-6-8-14/h4-10H,11-12H2,1-3H3,(H,21,25)(H,22,23,24). The third kappa shape index (κ3) is 5.20. The van der Waals surface area contributed by atoms with Crippen LogP contribution in [0.15, 0.2) is 47.6 Å². The zero-order valence-electron chi connectivity index (χ0n) is 16.4. The number of H-pyrrole nitrogens is 1. The van der Waals surface area contributed by atoms with Crippen molar-refractivity contribution in [2.45, 2.75) is 11.7 Å². The Kier molecular flexibility index (Phi) is 6.96. The fourth-order valence-electron chi connectivity index (χ4n) is 2.66. The van der Waals surface area contributed by atoms with E-state index in [9.17, 15) is 4.79 Å². The van der Waals surface area contributed by atoms with Gasteiger partial charge in [-0.25, -0.2) is 4.98 Å². The number of thioether (sulfide) groups is 1. The lowest BCUT2D eigenvalue weighted by Gasteiger charge is -2.14. The molecule has 0 radical (unpaired) electrons. The SMILES string of the molecule is COc1cc(CNC(=O)CSc2n[nH]c(-c3ccccc3)n2)cc(OC)c1OC. The highest BCUT2D eigenvalue weighted by Crippen LogP contribution is 2.38. The maximum Gasteiger partial charge on any atom is 0.230 e. The summed E-state index contributed by atoms with van der Waals surface area (Å²) in [6, 6.07) is 13.3. The van der Waals surface area contributed by atoms with Gasteiger partial charge in [-0.3, -0.25) is 9.89 Å². The second kappa shape index (κ2) is 9.83. The van der Waals surface area contributed by atoms with Gasteiger partial charge in [0.1, 0.15) is 0 Å². The van der Waals surface area contributed by atoms with Crippen LogP contribution < -0.4 is 19.5 Å². The second-order valence-corrected chi connectivity index (χ2v) is 6.87. The van der Waals surface area contributed by atoms with Crippen LogP contribution in [0.4, 0.5) is 0 Å². The molecule has 8 nitrogen and oxygen atoms in total. The second-order valence-electron chi connectivity index (χ2n) is 5.93. The maximum atomic E-state index is 12.2. The summed E-state index contributed by atoms with van der Waals surface area (Å²) in [4.78, 5) is 16.6. The normalized spacial score (nSPS) is 10.4. The first-order chi connectivity index (χ1) is 14.1. The van der Waals surface area contributed by atoms with E-state index < -0.39 is 0 Å². The molecule has 2 aromatic carbocycles. The Morgan fingerprint density at radius 3 is 2.38 bits per heavy atom. The van der Waals surface area contributed by atoms with Gasteiger partial charge in [-0.1, -0.05) is 42.1 Å². The lowest BCUT2D eigenvalue weighted by atomic mass is 10.2. The molecule has 0 unspecified atom stereocenters. The number of carbonyl (C=O) groups is 1. The summed E-state index contributed by atoms with van der Waals surface area (Å²) < 4.78 is 16.0. The van der Waals surface area contributed by atoms with Gasteiger partial charge in [0.25, 0.3) is 0 Å². The van der Waals surface area contributed by atoms with Gasteiger partial charge in [-0.2, -0.15) is 0 Å². The fraction of sp³-hybridized carbons (Fsp3) is 0.250. The van der Waals surface area contributed by atoms with Crippen LogP contribution in [0.25, 0.3) is 11.4 Å². The first-order valence-electron chi connectivity index (χ1n) is 8.80. The molecule has 0 aliphatic rings. The number of nitrogens with one attached hydrogen (secondary N) is 2. The lowest BCUT2D eigenvalue weighted by molar-refractivity contribution is -0.118. The van der Waals surface area contributed by atoms with Gasteiger partial charge in [-0.15, -0.1) is 5.10 Å². The molecule has 0 spiro atoms.